The Kier molecular flexibility index (Phi) is 21.9. The molecule has 0 spiro atoms. The lowest BCUT2D eigenvalue weighted by Gasteiger charge is -2.72. The molecule has 4 N–H and O–H groups in total. The number of rotatable bonds is 30. The number of aryl methyl sites for hydroxylation is 1. The molecular formula is C71H87F3N12O12S3. The maximum atomic E-state index is 14.5. The smallest absolute Gasteiger partial charge is 0.382 e. The molecule has 5 aromatic rings. The van der Waals surface area contributed by atoms with Crippen molar-refractivity contribution in [3.05, 3.63) is 131 Å². The second-order valence-corrected chi connectivity index (χ2v) is 33.4. The summed E-state index contributed by atoms with van der Waals surface area (Å²) in [5.41, 5.74) is 0.535. The van der Waals surface area contributed by atoms with E-state index in [-0.39, 0.29) is 74.0 Å². The van der Waals surface area contributed by atoms with Gasteiger partial charge in [-0.25, -0.2) is 21.6 Å². The van der Waals surface area contributed by atoms with Crippen molar-refractivity contribution in [3.63, 3.8) is 0 Å². The average molecular weight is 1450 g/mol. The monoisotopic (exact) mass is 1450 g/mol. The number of sulfonamides is 1. The quantitative estimate of drug-likeness (QED) is 0.0146. The van der Waals surface area contributed by atoms with Crippen LogP contribution in [0.25, 0.3) is 0 Å². The largest absolute Gasteiger partial charge is 0.501 e. The van der Waals surface area contributed by atoms with Crippen molar-refractivity contribution in [2.45, 2.75) is 137 Å². The molecule has 6 fully saturated rings. The molecule has 1 unspecified atom stereocenters. The molecule has 3 saturated carbocycles. The van der Waals surface area contributed by atoms with E-state index >= 15 is 0 Å². The van der Waals surface area contributed by atoms with E-state index in [1.165, 1.54) is 62.1 Å². The molecular weight excluding hydrogens is 1370 g/mol. The number of amides is 6. The van der Waals surface area contributed by atoms with Crippen molar-refractivity contribution >= 4 is 84.1 Å². The number of alkyl halides is 3. The molecule has 4 aliphatic heterocycles. The number of aromatic nitrogens is 3. The van der Waals surface area contributed by atoms with Crippen LogP contribution in [-0.4, -0.2) is 202 Å². The van der Waals surface area contributed by atoms with Gasteiger partial charge >= 0.3 is 5.51 Å². The number of hydrogen-bond acceptors (Lipinski definition) is 20. The molecule has 2 atom stereocenters. The number of carbonyl (C=O) groups excluding carboxylic acids is 6. The topological polar surface area (TPSA) is 284 Å². The molecule has 4 aliphatic carbocycles. The molecule has 6 amide bonds. The Labute approximate surface area is 590 Å². The lowest BCUT2D eigenvalue weighted by Crippen LogP contribution is -2.61. The number of thioether (sulfide) groups is 1. The van der Waals surface area contributed by atoms with Crippen LogP contribution in [-0.2, 0) is 56.9 Å². The number of anilines is 3. The molecule has 3 saturated heterocycles. The summed E-state index contributed by atoms with van der Waals surface area (Å²) in [6.45, 7) is 15.4. The predicted octanol–water partition coefficient (Wildman–Crippen LogP) is 8.14. The molecule has 0 radical (unpaired) electrons. The number of allylic oxidation sites excluding steroid dienone is 1. The highest BCUT2D eigenvalue weighted by Gasteiger charge is 2.67. The predicted molar refractivity (Wildman–Crippen MR) is 372 cm³/mol. The second kappa shape index (κ2) is 30.3. The fourth-order valence-corrected chi connectivity index (χ4v) is 18.4. The van der Waals surface area contributed by atoms with Gasteiger partial charge in [-0.05, 0) is 141 Å². The van der Waals surface area contributed by atoms with E-state index in [4.69, 9.17) is 9.47 Å². The molecule has 30 heteroatoms. The van der Waals surface area contributed by atoms with E-state index in [0.29, 0.717) is 92.3 Å². The summed E-state index contributed by atoms with van der Waals surface area (Å²) in [4.78, 5) is 85.9. The van der Waals surface area contributed by atoms with Gasteiger partial charge in [-0.3, -0.25) is 53.5 Å². The van der Waals surface area contributed by atoms with Crippen LogP contribution in [0.2, 0.25) is 0 Å². The molecule has 13 rings (SSSR count). The molecule has 101 heavy (non-hydrogen) atoms. The molecule has 5 heterocycles. The minimum Gasteiger partial charge on any atom is -0.382 e. The molecule has 2 bridgehead atoms. The number of halogens is 3. The summed E-state index contributed by atoms with van der Waals surface area (Å²) in [6.07, 6.45) is 10.4. The Morgan fingerprint density at radius 3 is 2.23 bits per heavy atom. The lowest BCUT2D eigenvalue weighted by atomic mass is 9.33. The number of nitrogens with zero attached hydrogens (tertiary/aromatic N) is 8. The van der Waals surface area contributed by atoms with Crippen molar-refractivity contribution < 1.29 is 68.2 Å². The molecule has 24 nitrogen and oxygen atoms in total. The summed E-state index contributed by atoms with van der Waals surface area (Å²) in [5.74, 6) is -3.14. The van der Waals surface area contributed by atoms with Crippen LogP contribution in [0.1, 0.15) is 128 Å². The first-order valence-corrected chi connectivity index (χ1v) is 38.5. The van der Waals surface area contributed by atoms with Crippen molar-refractivity contribution in [1.29, 1.82) is 0 Å². The van der Waals surface area contributed by atoms with Gasteiger partial charge < -0.3 is 29.9 Å². The first-order chi connectivity index (χ1) is 48.2. The maximum Gasteiger partial charge on any atom is 0.501 e. The molecule has 8 aliphatic rings. The Bertz CT molecular complexity index is 4180. The van der Waals surface area contributed by atoms with E-state index < -0.39 is 82.5 Å². The normalized spacial score (nSPS) is 22.2. The van der Waals surface area contributed by atoms with Crippen LogP contribution in [0, 0.1) is 16.2 Å². The number of fused-ring (bicyclic) bond motifs is 1. The van der Waals surface area contributed by atoms with Crippen LogP contribution in [0.15, 0.2) is 123 Å². The Hall–Kier alpha value is -7.74. The highest BCUT2D eigenvalue weighted by atomic mass is 32.2. The van der Waals surface area contributed by atoms with Crippen molar-refractivity contribution in [1.82, 2.24) is 44.6 Å². The first kappa shape index (κ1) is 73.0. The summed E-state index contributed by atoms with van der Waals surface area (Å²) >= 11 is 1.40. The Morgan fingerprint density at radius 2 is 1.51 bits per heavy atom. The fourth-order valence-electron chi connectivity index (χ4n) is 15.4. The summed E-state index contributed by atoms with van der Waals surface area (Å²) in [7, 11) is -11.1. The van der Waals surface area contributed by atoms with Crippen LogP contribution in [0.3, 0.4) is 0 Å². The van der Waals surface area contributed by atoms with Gasteiger partial charge in [0, 0.05) is 125 Å². The van der Waals surface area contributed by atoms with E-state index in [9.17, 15) is 58.8 Å². The lowest BCUT2D eigenvalue weighted by molar-refractivity contribution is -0.167. The van der Waals surface area contributed by atoms with E-state index in [2.05, 4.69) is 61.7 Å². The zero-order chi connectivity index (χ0) is 71.5. The van der Waals surface area contributed by atoms with Crippen molar-refractivity contribution in [2.75, 3.05) is 113 Å². The average Bonchev–Trinajstić information content (AvgIpc) is 0.722. The highest BCUT2D eigenvalue weighted by Crippen LogP contribution is 2.77. The van der Waals surface area contributed by atoms with E-state index in [0.717, 1.165) is 66.8 Å². The second-order valence-electron chi connectivity index (χ2n) is 28.7. The number of piperidine rings is 1. The van der Waals surface area contributed by atoms with Gasteiger partial charge in [-0.15, -0.1) is 16.9 Å². The third-order valence-electron chi connectivity index (χ3n) is 20.6. The zero-order valence-electron chi connectivity index (χ0n) is 57.0. The SMILES string of the molecule is CC1(C)CCC(CN2CCN(c3ccc(C(=O)NS(=O)(=O)c4ccc(N[C@H](CCN5CCN(C(=O)CCCn6cc(COCCOCCNc7cccc8c7C(=O)N(C7CCC(=O)NC7=O)C8=O)nn6)CC5)CSc5ccccc5)c(S(=O)(=O)C(F)(F)F)c4)cc3)CC2)=C(C23CC(C)(C2)C3)C1. The summed E-state index contributed by atoms with van der Waals surface area (Å²) in [5, 5.41) is 16.7. The van der Waals surface area contributed by atoms with Gasteiger partial charge in [-0.2, -0.15) is 13.2 Å². The number of carbonyl (C=O) groups is 6. The zero-order valence-corrected chi connectivity index (χ0v) is 59.5. The number of ether oxygens (including phenoxy) is 2. The Balaban J connectivity index is 0.578. The number of hydrogen-bond donors (Lipinski definition) is 4. The molecule has 1 aromatic heterocycles. The highest BCUT2D eigenvalue weighted by molar-refractivity contribution is 7.99. The summed E-state index contributed by atoms with van der Waals surface area (Å²) in [6, 6.07) is 21.2. The Morgan fingerprint density at radius 1 is 0.792 bits per heavy atom. The van der Waals surface area contributed by atoms with Gasteiger partial charge in [0.2, 0.25) is 17.7 Å². The minimum absolute atomic E-state index is 0.0158. The van der Waals surface area contributed by atoms with E-state index in [1.807, 2.05) is 35.1 Å². The first-order valence-electron chi connectivity index (χ1n) is 34.5. The van der Waals surface area contributed by atoms with Gasteiger partial charge in [-0.1, -0.05) is 61.4 Å². The van der Waals surface area contributed by atoms with Crippen molar-refractivity contribution in [3.8, 4) is 0 Å². The van der Waals surface area contributed by atoms with Gasteiger partial charge in [0.05, 0.1) is 54.3 Å². The van der Waals surface area contributed by atoms with Gasteiger partial charge in [0.1, 0.15) is 16.6 Å². The van der Waals surface area contributed by atoms with Crippen LogP contribution in [0.5, 0.6) is 0 Å². The number of piperazine rings is 2. The van der Waals surface area contributed by atoms with Gasteiger partial charge in [0.25, 0.3) is 37.6 Å². The van der Waals surface area contributed by atoms with Crippen LogP contribution >= 0.6 is 11.8 Å². The fraction of sp³-hybridized carbons (Fsp3) is 0.521. The minimum atomic E-state index is -6.16. The molecule has 542 valence electrons. The third-order valence-corrected chi connectivity index (χ3v) is 24.6. The number of imide groups is 2. The standard InChI is InChI=1S/C71H87F3N12O12S3/c1-68(2)24-22-49(56(40-68)70-45-69(3,46-70)47-70)41-82-30-32-83(33-31-82)52-16-14-48(15-17-52)64(89)79-101(95,96)54-18-19-57(60(39-54)100(93,94)71(72,73)74)76-50(44-99-53-9-5-4-6-10-53)23-27-81-28-34-84(35-29-81)62(88)13-8-26-85-42-51(78-80-85)43-98-38-37-97-36-25-75-58-12-7-11-55-63(58)67(92)86(66(55)91)59-20-21-61(87)77-65(59)90/h4-7,9-12,14-19,39,42,50,59,75-76H,8,13,20-38,40-41,43-47H2,1-3H3,(H,79,89)(H,77,87,90)/t50-,59?,69?,70?/m1/s1. The number of sulfone groups is 1. The van der Waals surface area contributed by atoms with Crippen LogP contribution < -0.4 is 25.6 Å². The van der Waals surface area contributed by atoms with Crippen LogP contribution in [0.4, 0.5) is 30.2 Å². The van der Waals surface area contributed by atoms with Gasteiger partial charge in [0.15, 0.2) is 0 Å². The number of benzene rings is 4. The maximum absolute atomic E-state index is 14.5. The third kappa shape index (κ3) is 16.8. The molecule has 4 aromatic carbocycles. The van der Waals surface area contributed by atoms with Crippen molar-refractivity contribution in [2.24, 2.45) is 16.2 Å². The summed E-state index contributed by atoms with van der Waals surface area (Å²) < 4.78 is 113. The van der Waals surface area contributed by atoms with E-state index in [1.54, 1.807) is 51.2 Å². The number of nitrogens with one attached hydrogen (secondary N) is 4.